The largest absolute Gasteiger partial charge is 0.355 e. The van der Waals surface area contributed by atoms with E-state index in [9.17, 15) is 4.79 Å². The molecule has 2 aliphatic rings. The van der Waals surface area contributed by atoms with Gasteiger partial charge in [0.15, 0.2) is 0 Å². The van der Waals surface area contributed by atoms with Gasteiger partial charge in [0.2, 0.25) is 5.91 Å². The summed E-state index contributed by atoms with van der Waals surface area (Å²) in [5.41, 5.74) is 0.712. The van der Waals surface area contributed by atoms with E-state index in [2.05, 4.69) is 26.1 Å². The van der Waals surface area contributed by atoms with Crippen LogP contribution in [0.4, 0.5) is 0 Å². The molecule has 1 amide bonds. The molecule has 0 aromatic rings. The van der Waals surface area contributed by atoms with E-state index in [-0.39, 0.29) is 17.2 Å². The lowest BCUT2D eigenvalue weighted by atomic mass is 10.1. The fourth-order valence-corrected chi connectivity index (χ4v) is 1.73. The SMILES string of the molecule is CC1(CNC(=O)[C@H]2CC2(C)C)CC1. The van der Waals surface area contributed by atoms with Crippen molar-refractivity contribution in [3.8, 4) is 0 Å². The Balaban J connectivity index is 1.74. The van der Waals surface area contributed by atoms with Gasteiger partial charge in [-0.1, -0.05) is 20.8 Å². The number of rotatable bonds is 3. The highest BCUT2D eigenvalue weighted by molar-refractivity contribution is 5.82. The van der Waals surface area contributed by atoms with Crippen molar-refractivity contribution in [3.63, 3.8) is 0 Å². The van der Waals surface area contributed by atoms with Crippen LogP contribution in [-0.4, -0.2) is 12.5 Å². The smallest absolute Gasteiger partial charge is 0.223 e. The fraction of sp³-hybridized carbons (Fsp3) is 0.909. The second kappa shape index (κ2) is 2.49. The van der Waals surface area contributed by atoms with E-state index in [1.807, 2.05) is 0 Å². The van der Waals surface area contributed by atoms with Crippen LogP contribution in [0.2, 0.25) is 0 Å². The Kier molecular flexibility index (Phi) is 1.73. The molecular weight excluding hydrogens is 162 g/mol. The Bertz CT molecular complexity index is 240. The van der Waals surface area contributed by atoms with Crippen LogP contribution in [-0.2, 0) is 4.79 Å². The third kappa shape index (κ3) is 1.87. The summed E-state index contributed by atoms with van der Waals surface area (Å²) in [6.07, 6.45) is 3.62. The molecule has 0 spiro atoms. The summed E-state index contributed by atoms with van der Waals surface area (Å²) < 4.78 is 0. The average Bonchev–Trinajstić information content (AvgIpc) is 2.88. The predicted octanol–water partition coefficient (Wildman–Crippen LogP) is 1.95. The van der Waals surface area contributed by atoms with E-state index < -0.39 is 0 Å². The lowest BCUT2D eigenvalue weighted by molar-refractivity contribution is -0.123. The van der Waals surface area contributed by atoms with Gasteiger partial charge in [-0.3, -0.25) is 4.79 Å². The van der Waals surface area contributed by atoms with Crippen molar-refractivity contribution in [3.05, 3.63) is 0 Å². The lowest BCUT2D eigenvalue weighted by Gasteiger charge is -2.10. The first-order valence-electron chi connectivity index (χ1n) is 5.21. The first-order valence-corrected chi connectivity index (χ1v) is 5.21. The van der Waals surface area contributed by atoms with Crippen LogP contribution in [0.5, 0.6) is 0 Å². The van der Waals surface area contributed by atoms with E-state index in [4.69, 9.17) is 0 Å². The summed E-state index contributed by atoms with van der Waals surface area (Å²) in [4.78, 5) is 11.6. The number of hydrogen-bond acceptors (Lipinski definition) is 1. The molecule has 2 saturated carbocycles. The summed E-state index contributed by atoms with van der Waals surface area (Å²) in [7, 11) is 0. The van der Waals surface area contributed by atoms with Gasteiger partial charge >= 0.3 is 0 Å². The summed E-state index contributed by atoms with van der Waals surface area (Å²) in [5, 5.41) is 3.06. The van der Waals surface area contributed by atoms with Crippen molar-refractivity contribution >= 4 is 5.91 Å². The topological polar surface area (TPSA) is 29.1 Å². The molecule has 13 heavy (non-hydrogen) atoms. The standard InChI is InChI=1S/C11H19NO/c1-10(2)6-8(10)9(13)12-7-11(3)4-5-11/h8H,4-7H2,1-3H3,(H,12,13)/t8-/m1/s1. The third-order valence-corrected chi connectivity index (χ3v) is 3.62. The van der Waals surface area contributed by atoms with Gasteiger partial charge in [0.1, 0.15) is 0 Å². The number of hydrogen-bond donors (Lipinski definition) is 1. The molecule has 0 radical (unpaired) electrons. The van der Waals surface area contributed by atoms with Gasteiger partial charge in [0, 0.05) is 12.5 Å². The van der Waals surface area contributed by atoms with E-state index in [0.717, 1.165) is 13.0 Å². The monoisotopic (exact) mass is 181 g/mol. The third-order valence-electron chi connectivity index (χ3n) is 3.62. The minimum absolute atomic E-state index is 0.272. The van der Waals surface area contributed by atoms with Gasteiger partial charge in [-0.25, -0.2) is 0 Å². The first kappa shape index (κ1) is 9.04. The molecule has 2 nitrogen and oxygen atoms in total. The van der Waals surface area contributed by atoms with E-state index in [1.165, 1.54) is 12.8 Å². The maximum Gasteiger partial charge on any atom is 0.223 e. The summed E-state index contributed by atoms with van der Waals surface area (Å²) >= 11 is 0. The molecule has 0 aromatic carbocycles. The minimum atomic E-state index is 0.272. The quantitative estimate of drug-likeness (QED) is 0.708. The Hall–Kier alpha value is -0.530. The lowest BCUT2D eigenvalue weighted by Crippen LogP contribution is -2.31. The highest BCUT2D eigenvalue weighted by Gasteiger charge is 2.51. The van der Waals surface area contributed by atoms with Gasteiger partial charge in [0.05, 0.1) is 0 Å². The zero-order chi connectivity index (χ0) is 9.69. The maximum atomic E-state index is 11.6. The molecule has 2 aliphatic carbocycles. The van der Waals surface area contributed by atoms with Crippen LogP contribution in [0.1, 0.15) is 40.0 Å². The minimum Gasteiger partial charge on any atom is -0.355 e. The molecule has 0 aliphatic heterocycles. The molecule has 2 fully saturated rings. The van der Waals surface area contributed by atoms with Crippen molar-refractivity contribution in [1.29, 1.82) is 0 Å². The second-order valence-electron chi connectivity index (χ2n) is 5.77. The van der Waals surface area contributed by atoms with Crippen LogP contribution in [0.15, 0.2) is 0 Å². The van der Waals surface area contributed by atoms with E-state index >= 15 is 0 Å². The fourth-order valence-electron chi connectivity index (χ4n) is 1.73. The van der Waals surface area contributed by atoms with Crippen LogP contribution in [0.3, 0.4) is 0 Å². The molecule has 0 saturated heterocycles. The molecule has 74 valence electrons. The van der Waals surface area contributed by atoms with Crippen LogP contribution < -0.4 is 5.32 Å². The Morgan fingerprint density at radius 2 is 1.92 bits per heavy atom. The van der Waals surface area contributed by atoms with Crippen molar-refractivity contribution in [2.75, 3.05) is 6.54 Å². The van der Waals surface area contributed by atoms with Gasteiger partial charge in [-0.15, -0.1) is 0 Å². The Labute approximate surface area is 80.1 Å². The highest BCUT2D eigenvalue weighted by atomic mass is 16.2. The molecular formula is C11H19NO. The van der Waals surface area contributed by atoms with E-state index in [0.29, 0.717) is 5.41 Å². The maximum absolute atomic E-state index is 11.6. The average molecular weight is 181 g/mol. The molecule has 1 atom stereocenters. The van der Waals surface area contributed by atoms with E-state index in [1.54, 1.807) is 0 Å². The molecule has 0 aromatic heterocycles. The van der Waals surface area contributed by atoms with Crippen molar-refractivity contribution in [2.24, 2.45) is 16.7 Å². The van der Waals surface area contributed by atoms with Crippen molar-refractivity contribution in [1.82, 2.24) is 5.32 Å². The van der Waals surface area contributed by atoms with Crippen LogP contribution in [0.25, 0.3) is 0 Å². The van der Waals surface area contributed by atoms with Gasteiger partial charge in [-0.2, -0.15) is 0 Å². The number of nitrogens with one attached hydrogen (secondary N) is 1. The molecule has 0 unspecified atom stereocenters. The molecule has 2 rings (SSSR count). The van der Waals surface area contributed by atoms with Crippen molar-refractivity contribution < 1.29 is 4.79 Å². The summed E-state index contributed by atoms with van der Waals surface area (Å²) in [5.74, 6) is 0.563. The molecule has 0 bridgehead atoms. The van der Waals surface area contributed by atoms with Crippen LogP contribution >= 0.6 is 0 Å². The van der Waals surface area contributed by atoms with Gasteiger partial charge < -0.3 is 5.32 Å². The normalized spacial score (nSPS) is 32.4. The highest BCUT2D eigenvalue weighted by Crippen LogP contribution is 2.52. The van der Waals surface area contributed by atoms with Gasteiger partial charge in [0.25, 0.3) is 0 Å². The Morgan fingerprint density at radius 1 is 1.38 bits per heavy atom. The number of carbonyl (C=O) groups is 1. The first-order chi connectivity index (χ1) is 5.93. The molecule has 2 heteroatoms. The molecule has 0 heterocycles. The number of carbonyl (C=O) groups excluding carboxylic acids is 1. The second-order valence-corrected chi connectivity index (χ2v) is 5.77. The summed E-state index contributed by atoms with van der Waals surface area (Å²) in [6.45, 7) is 7.45. The Morgan fingerprint density at radius 3 is 2.31 bits per heavy atom. The van der Waals surface area contributed by atoms with Gasteiger partial charge in [-0.05, 0) is 30.1 Å². The zero-order valence-corrected chi connectivity index (χ0v) is 8.81. The zero-order valence-electron chi connectivity index (χ0n) is 8.81. The van der Waals surface area contributed by atoms with Crippen LogP contribution in [0, 0.1) is 16.7 Å². The van der Waals surface area contributed by atoms with Crippen molar-refractivity contribution in [2.45, 2.75) is 40.0 Å². The number of amides is 1. The predicted molar refractivity (Wildman–Crippen MR) is 52.2 cm³/mol. The summed E-state index contributed by atoms with van der Waals surface area (Å²) in [6, 6.07) is 0. The molecule has 1 N–H and O–H groups in total.